The lowest BCUT2D eigenvalue weighted by Gasteiger charge is -2.09. The third-order valence-electron chi connectivity index (χ3n) is 3.48. The first-order valence-electron chi connectivity index (χ1n) is 7.41. The molecule has 0 aliphatic heterocycles. The van der Waals surface area contributed by atoms with Gasteiger partial charge >= 0.3 is 0 Å². The van der Waals surface area contributed by atoms with Gasteiger partial charge in [-0.2, -0.15) is 24.7 Å². The number of hydrogen-bond acceptors (Lipinski definition) is 7. The monoisotopic (exact) mass is 288 g/mol. The molecule has 2 aromatic rings. The molecule has 1 saturated carbocycles. The second-order valence-electron chi connectivity index (χ2n) is 5.19. The quantitative estimate of drug-likeness (QED) is 0.797. The summed E-state index contributed by atoms with van der Waals surface area (Å²) in [4.78, 5) is 17.1. The van der Waals surface area contributed by atoms with Crippen molar-refractivity contribution < 1.29 is 0 Å². The SMILES string of the molecule is CCCC1CC1Nc1nc(NCC)nc(-n2cncn2)n1. The van der Waals surface area contributed by atoms with Crippen LogP contribution in [0.15, 0.2) is 12.7 Å². The van der Waals surface area contributed by atoms with Crippen LogP contribution in [-0.2, 0) is 0 Å². The van der Waals surface area contributed by atoms with Crippen LogP contribution in [0.3, 0.4) is 0 Å². The first-order valence-corrected chi connectivity index (χ1v) is 7.41. The predicted octanol–water partition coefficient (Wildman–Crippen LogP) is 1.48. The van der Waals surface area contributed by atoms with Gasteiger partial charge in [-0.15, -0.1) is 0 Å². The average Bonchev–Trinajstić information content (AvgIpc) is 3.00. The van der Waals surface area contributed by atoms with Crippen LogP contribution in [0.1, 0.15) is 33.1 Å². The zero-order valence-electron chi connectivity index (χ0n) is 12.3. The highest BCUT2D eigenvalue weighted by Gasteiger charge is 2.36. The second kappa shape index (κ2) is 6.02. The summed E-state index contributed by atoms with van der Waals surface area (Å²) in [6.07, 6.45) is 6.69. The molecular formula is C13H20N8. The topological polar surface area (TPSA) is 93.4 Å². The summed E-state index contributed by atoms with van der Waals surface area (Å²) in [5.41, 5.74) is 0. The highest BCUT2D eigenvalue weighted by atomic mass is 15.4. The smallest absolute Gasteiger partial charge is 0.258 e. The lowest BCUT2D eigenvalue weighted by Crippen LogP contribution is -2.14. The van der Waals surface area contributed by atoms with Gasteiger partial charge in [0.05, 0.1) is 0 Å². The van der Waals surface area contributed by atoms with E-state index in [1.165, 1.54) is 30.3 Å². The van der Waals surface area contributed by atoms with E-state index < -0.39 is 0 Å². The molecule has 2 atom stereocenters. The van der Waals surface area contributed by atoms with E-state index in [4.69, 9.17) is 0 Å². The minimum absolute atomic E-state index is 0.466. The van der Waals surface area contributed by atoms with Crippen molar-refractivity contribution in [3.05, 3.63) is 12.7 Å². The summed E-state index contributed by atoms with van der Waals surface area (Å²) >= 11 is 0. The van der Waals surface area contributed by atoms with Gasteiger partial charge in [0.1, 0.15) is 12.7 Å². The molecule has 21 heavy (non-hydrogen) atoms. The molecule has 1 aliphatic carbocycles. The van der Waals surface area contributed by atoms with E-state index in [0.29, 0.717) is 23.9 Å². The van der Waals surface area contributed by atoms with Crippen molar-refractivity contribution in [2.24, 2.45) is 5.92 Å². The maximum absolute atomic E-state index is 4.42. The van der Waals surface area contributed by atoms with Gasteiger partial charge < -0.3 is 10.6 Å². The molecule has 2 aromatic heterocycles. The lowest BCUT2D eigenvalue weighted by atomic mass is 10.2. The van der Waals surface area contributed by atoms with Gasteiger partial charge in [0, 0.05) is 12.6 Å². The molecule has 3 rings (SSSR count). The summed E-state index contributed by atoms with van der Waals surface area (Å²) in [6, 6.07) is 0.477. The Morgan fingerprint density at radius 3 is 2.81 bits per heavy atom. The van der Waals surface area contributed by atoms with Crippen LogP contribution in [-0.4, -0.2) is 42.3 Å². The number of nitrogens with one attached hydrogen (secondary N) is 2. The van der Waals surface area contributed by atoms with Gasteiger partial charge in [-0.3, -0.25) is 0 Å². The van der Waals surface area contributed by atoms with Crippen molar-refractivity contribution in [2.45, 2.75) is 39.2 Å². The Morgan fingerprint density at radius 1 is 1.24 bits per heavy atom. The van der Waals surface area contributed by atoms with Crippen molar-refractivity contribution in [3.63, 3.8) is 0 Å². The van der Waals surface area contributed by atoms with Crippen LogP contribution in [0, 0.1) is 5.92 Å². The maximum Gasteiger partial charge on any atom is 0.258 e. The average molecular weight is 288 g/mol. The van der Waals surface area contributed by atoms with Crippen molar-refractivity contribution >= 4 is 11.9 Å². The Kier molecular flexibility index (Phi) is 3.94. The number of rotatable bonds is 7. The minimum Gasteiger partial charge on any atom is -0.354 e. The molecule has 8 heteroatoms. The molecule has 0 spiro atoms. The fourth-order valence-corrected chi connectivity index (χ4v) is 2.36. The molecule has 0 aromatic carbocycles. The van der Waals surface area contributed by atoms with E-state index in [1.54, 1.807) is 6.33 Å². The number of nitrogens with zero attached hydrogens (tertiary/aromatic N) is 6. The fourth-order valence-electron chi connectivity index (χ4n) is 2.36. The highest BCUT2D eigenvalue weighted by molar-refractivity contribution is 5.39. The third kappa shape index (κ3) is 3.26. The summed E-state index contributed by atoms with van der Waals surface area (Å²) in [5, 5.41) is 10.6. The van der Waals surface area contributed by atoms with Crippen molar-refractivity contribution in [2.75, 3.05) is 17.2 Å². The first-order chi connectivity index (χ1) is 10.3. The second-order valence-corrected chi connectivity index (χ2v) is 5.19. The molecule has 8 nitrogen and oxygen atoms in total. The Balaban J connectivity index is 1.79. The van der Waals surface area contributed by atoms with E-state index in [9.17, 15) is 0 Å². The molecule has 1 fully saturated rings. The normalized spacial score (nSPS) is 20.3. The van der Waals surface area contributed by atoms with Crippen molar-refractivity contribution in [1.29, 1.82) is 0 Å². The first kappa shape index (κ1) is 13.7. The molecule has 2 unspecified atom stereocenters. The van der Waals surface area contributed by atoms with E-state index in [-0.39, 0.29) is 0 Å². The Hall–Kier alpha value is -2.25. The van der Waals surface area contributed by atoms with E-state index >= 15 is 0 Å². The zero-order chi connectivity index (χ0) is 14.7. The standard InChI is InChI=1S/C13H20N8/c1-3-5-9-6-10(9)17-12-18-11(15-4-2)19-13(20-12)21-8-14-7-16-21/h7-10H,3-6H2,1-2H3,(H2,15,17,18,19,20). The van der Waals surface area contributed by atoms with Crippen LogP contribution >= 0.6 is 0 Å². The minimum atomic E-state index is 0.466. The van der Waals surface area contributed by atoms with Crippen LogP contribution < -0.4 is 10.6 Å². The number of hydrogen-bond donors (Lipinski definition) is 2. The summed E-state index contributed by atoms with van der Waals surface area (Å²) < 4.78 is 1.53. The molecule has 0 bridgehead atoms. The number of aromatic nitrogens is 6. The van der Waals surface area contributed by atoms with E-state index in [1.807, 2.05) is 6.92 Å². The van der Waals surface area contributed by atoms with Crippen LogP contribution in [0.25, 0.3) is 5.95 Å². The van der Waals surface area contributed by atoms with E-state index in [0.717, 1.165) is 12.5 Å². The molecule has 0 radical (unpaired) electrons. The molecule has 1 aliphatic rings. The molecular weight excluding hydrogens is 268 g/mol. The van der Waals surface area contributed by atoms with Gasteiger partial charge in [0.15, 0.2) is 0 Å². The van der Waals surface area contributed by atoms with Gasteiger partial charge in [-0.25, -0.2) is 4.98 Å². The van der Waals surface area contributed by atoms with Gasteiger partial charge in [-0.1, -0.05) is 13.3 Å². The summed E-state index contributed by atoms with van der Waals surface area (Å²) in [6.45, 7) is 4.97. The fraction of sp³-hybridized carbons (Fsp3) is 0.615. The summed E-state index contributed by atoms with van der Waals surface area (Å²) in [5.74, 6) is 2.35. The maximum atomic E-state index is 4.42. The summed E-state index contributed by atoms with van der Waals surface area (Å²) in [7, 11) is 0. The van der Waals surface area contributed by atoms with Crippen molar-refractivity contribution in [3.8, 4) is 5.95 Å². The molecule has 112 valence electrons. The van der Waals surface area contributed by atoms with Crippen LogP contribution in [0.2, 0.25) is 0 Å². The molecule has 0 saturated heterocycles. The van der Waals surface area contributed by atoms with Crippen LogP contribution in [0.4, 0.5) is 11.9 Å². The number of anilines is 2. The molecule has 2 heterocycles. The zero-order valence-corrected chi connectivity index (χ0v) is 12.3. The predicted molar refractivity (Wildman–Crippen MR) is 79.3 cm³/mol. The Bertz CT molecular complexity index is 582. The highest BCUT2D eigenvalue weighted by Crippen LogP contribution is 2.36. The van der Waals surface area contributed by atoms with Gasteiger partial charge in [0.2, 0.25) is 11.9 Å². The van der Waals surface area contributed by atoms with Crippen LogP contribution in [0.5, 0.6) is 0 Å². The Labute approximate surface area is 123 Å². The van der Waals surface area contributed by atoms with Crippen molar-refractivity contribution in [1.82, 2.24) is 29.7 Å². The molecule has 2 N–H and O–H groups in total. The largest absolute Gasteiger partial charge is 0.354 e. The Morgan fingerprint density at radius 2 is 2.10 bits per heavy atom. The molecule has 0 amide bonds. The van der Waals surface area contributed by atoms with Gasteiger partial charge in [-0.05, 0) is 25.7 Å². The lowest BCUT2D eigenvalue weighted by molar-refractivity contribution is 0.690. The van der Waals surface area contributed by atoms with Gasteiger partial charge in [0.25, 0.3) is 5.95 Å². The van der Waals surface area contributed by atoms with E-state index in [2.05, 4.69) is 42.6 Å². The third-order valence-corrected chi connectivity index (χ3v) is 3.48.